The van der Waals surface area contributed by atoms with Crippen LogP contribution in [-0.2, 0) is 11.3 Å². The summed E-state index contributed by atoms with van der Waals surface area (Å²) in [5.74, 6) is 3.85. The molecule has 6 rings (SSSR count). The van der Waals surface area contributed by atoms with Crippen molar-refractivity contribution in [3.8, 4) is 0 Å². The highest BCUT2D eigenvalue weighted by atomic mass is 16.3. The molecule has 0 bridgehead atoms. The van der Waals surface area contributed by atoms with Crippen molar-refractivity contribution in [2.45, 2.75) is 70.4 Å². The molecule has 1 heterocycles. The molecule has 4 saturated carbocycles. The van der Waals surface area contributed by atoms with Gasteiger partial charge in [0.25, 0.3) is 0 Å². The SMILES string of the molecule is CC12CCC3C4CCC5(O)CC5C4=CCC3C1CCC2C(=O)Cn1nccn1. The van der Waals surface area contributed by atoms with Gasteiger partial charge < -0.3 is 5.11 Å². The zero-order valence-corrected chi connectivity index (χ0v) is 16.8. The summed E-state index contributed by atoms with van der Waals surface area (Å²) < 4.78 is 0. The first-order valence-corrected chi connectivity index (χ1v) is 11.3. The van der Waals surface area contributed by atoms with E-state index in [1.165, 1.54) is 32.1 Å². The number of ketones is 1. The summed E-state index contributed by atoms with van der Waals surface area (Å²) in [5.41, 5.74) is 1.41. The van der Waals surface area contributed by atoms with Crippen molar-refractivity contribution in [1.29, 1.82) is 0 Å². The predicted octanol–water partition coefficient (Wildman–Crippen LogP) is 3.40. The van der Waals surface area contributed by atoms with Crippen molar-refractivity contribution in [2.24, 2.45) is 40.9 Å². The summed E-state index contributed by atoms with van der Waals surface area (Å²) in [6.45, 7) is 2.72. The van der Waals surface area contributed by atoms with Gasteiger partial charge in [-0.15, -0.1) is 0 Å². The van der Waals surface area contributed by atoms with E-state index >= 15 is 0 Å². The van der Waals surface area contributed by atoms with E-state index in [0.29, 0.717) is 30.1 Å². The quantitative estimate of drug-likeness (QED) is 0.815. The van der Waals surface area contributed by atoms with Gasteiger partial charge in [0.15, 0.2) is 5.78 Å². The third kappa shape index (κ3) is 2.31. The molecule has 8 atom stereocenters. The molecule has 150 valence electrons. The summed E-state index contributed by atoms with van der Waals surface area (Å²) in [5, 5.41) is 18.9. The molecule has 4 fully saturated rings. The van der Waals surface area contributed by atoms with Gasteiger partial charge in [-0.2, -0.15) is 15.0 Å². The van der Waals surface area contributed by atoms with Crippen molar-refractivity contribution in [2.75, 3.05) is 0 Å². The maximum absolute atomic E-state index is 13.1. The van der Waals surface area contributed by atoms with Crippen molar-refractivity contribution < 1.29 is 9.90 Å². The number of hydrogen-bond donors (Lipinski definition) is 1. The zero-order valence-electron chi connectivity index (χ0n) is 16.8. The number of Topliss-reactive ketones (excluding diaryl/α,β-unsaturated/α-hetero) is 1. The van der Waals surface area contributed by atoms with Crippen LogP contribution in [0.5, 0.6) is 0 Å². The Morgan fingerprint density at radius 1 is 1.18 bits per heavy atom. The summed E-state index contributed by atoms with van der Waals surface area (Å²) >= 11 is 0. The lowest BCUT2D eigenvalue weighted by Crippen LogP contribution is -2.47. The van der Waals surface area contributed by atoms with Crippen LogP contribution in [0.1, 0.15) is 58.3 Å². The summed E-state index contributed by atoms with van der Waals surface area (Å²) in [6.07, 6.45) is 14.8. The minimum absolute atomic E-state index is 0.145. The Hall–Kier alpha value is -1.49. The van der Waals surface area contributed by atoms with E-state index in [1.54, 1.807) is 22.8 Å². The van der Waals surface area contributed by atoms with E-state index in [9.17, 15) is 9.90 Å². The molecule has 28 heavy (non-hydrogen) atoms. The molecule has 0 amide bonds. The lowest BCUT2D eigenvalue weighted by Gasteiger charge is -2.53. The highest BCUT2D eigenvalue weighted by Gasteiger charge is 2.63. The zero-order chi connectivity index (χ0) is 19.1. The molecule has 1 N–H and O–H groups in total. The molecule has 5 aliphatic carbocycles. The number of carbonyl (C=O) groups is 1. The Bertz CT molecular complexity index is 833. The molecular formula is C23H31N3O2. The van der Waals surface area contributed by atoms with Crippen LogP contribution in [0.15, 0.2) is 24.0 Å². The first kappa shape index (κ1) is 17.4. The first-order chi connectivity index (χ1) is 13.5. The molecule has 5 heteroatoms. The molecular weight excluding hydrogens is 350 g/mol. The molecule has 0 aromatic carbocycles. The Morgan fingerprint density at radius 2 is 2.00 bits per heavy atom. The van der Waals surface area contributed by atoms with Crippen LogP contribution >= 0.6 is 0 Å². The second kappa shape index (κ2) is 5.78. The Labute approximate surface area is 166 Å². The van der Waals surface area contributed by atoms with Gasteiger partial charge >= 0.3 is 0 Å². The number of aliphatic hydroxyl groups is 1. The molecule has 0 saturated heterocycles. The topological polar surface area (TPSA) is 68.0 Å². The monoisotopic (exact) mass is 381 g/mol. The van der Waals surface area contributed by atoms with Crippen molar-refractivity contribution in [3.05, 3.63) is 24.0 Å². The largest absolute Gasteiger partial charge is 0.389 e. The second-order valence-corrected chi connectivity index (χ2v) is 10.6. The lowest BCUT2D eigenvalue weighted by molar-refractivity contribution is -0.129. The number of nitrogens with zero attached hydrogens (tertiary/aromatic N) is 3. The van der Waals surface area contributed by atoms with Crippen LogP contribution in [0.3, 0.4) is 0 Å². The molecule has 1 aromatic heterocycles. The standard InChI is InChI=1S/C23H31N3O2/c1-22-8-6-14-15-7-9-23(28)12-20(23)17(15)3-2-16(14)18(22)4-5-19(22)21(27)13-26-24-10-11-25-26/h3,10-11,14-16,18-20,28H,2,4-9,12-13H2,1H3. The van der Waals surface area contributed by atoms with Gasteiger partial charge in [-0.05, 0) is 80.5 Å². The molecule has 5 aliphatic rings. The first-order valence-electron chi connectivity index (χ1n) is 11.3. The van der Waals surface area contributed by atoms with E-state index in [2.05, 4.69) is 23.2 Å². The van der Waals surface area contributed by atoms with Crippen molar-refractivity contribution >= 4 is 5.78 Å². The fraction of sp³-hybridized carbons (Fsp3) is 0.783. The number of allylic oxidation sites excluding steroid dienone is 1. The van der Waals surface area contributed by atoms with E-state index < -0.39 is 0 Å². The van der Waals surface area contributed by atoms with E-state index in [4.69, 9.17) is 0 Å². The Kier molecular flexibility index (Phi) is 3.58. The van der Waals surface area contributed by atoms with Crippen LogP contribution in [0.4, 0.5) is 0 Å². The van der Waals surface area contributed by atoms with E-state index in [1.807, 2.05) is 0 Å². The number of aromatic nitrogens is 3. The van der Waals surface area contributed by atoms with Crippen LogP contribution in [0.25, 0.3) is 0 Å². The number of carbonyl (C=O) groups excluding carboxylic acids is 1. The summed E-state index contributed by atoms with van der Waals surface area (Å²) in [4.78, 5) is 14.6. The van der Waals surface area contributed by atoms with Gasteiger partial charge in [0.05, 0.1) is 18.0 Å². The highest BCUT2D eigenvalue weighted by molar-refractivity contribution is 5.82. The van der Waals surface area contributed by atoms with Crippen LogP contribution in [0, 0.1) is 40.9 Å². The average molecular weight is 382 g/mol. The summed E-state index contributed by atoms with van der Waals surface area (Å²) in [6, 6.07) is 0. The average Bonchev–Trinajstić information content (AvgIpc) is 3.00. The molecule has 8 unspecified atom stereocenters. The number of rotatable bonds is 3. The Morgan fingerprint density at radius 3 is 2.82 bits per heavy atom. The van der Waals surface area contributed by atoms with Crippen LogP contribution < -0.4 is 0 Å². The fourth-order valence-corrected chi connectivity index (χ4v) is 8.12. The third-order valence-corrected chi connectivity index (χ3v) is 9.55. The maximum atomic E-state index is 13.1. The summed E-state index contributed by atoms with van der Waals surface area (Å²) in [7, 11) is 0. The minimum atomic E-state index is -0.343. The number of hydrogen-bond acceptors (Lipinski definition) is 4. The van der Waals surface area contributed by atoms with Crippen LogP contribution in [0.2, 0.25) is 0 Å². The molecule has 1 aromatic rings. The highest BCUT2D eigenvalue weighted by Crippen LogP contribution is 2.67. The minimum Gasteiger partial charge on any atom is -0.389 e. The molecule has 0 spiro atoms. The molecule has 5 nitrogen and oxygen atoms in total. The second-order valence-electron chi connectivity index (χ2n) is 10.6. The molecule has 0 radical (unpaired) electrons. The van der Waals surface area contributed by atoms with Gasteiger partial charge in [0.2, 0.25) is 0 Å². The van der Waals surface area contributed by atoms with Crippen molar-refractivity contribution in [3.63, 3.8) is 0 Å². The number of fused-ring (bicyclic) bond motifs is 7. The Balaban J connectivity index is 1.24. The van der Waals surface area contributed by atoms with Gasteiger partial charge in [-0.1, -0.05) is 18.6 Å². The van der Waals surface area contributed by atoms with Crippen molar-refractivity contribution in [1.82, 2.24) is 15.0 Å². The maximum Gasteiger partial charge on any atom is 0.159 e. The van der Waals surface area contributed by atoms with E-state index in [0.717, 1.165) is 31.1 Å². The smallest absolute Gasteiger partial charge is 0.159 e. The van der Waals surface area contributed by atoms with Gasteiger partial charge in [-0.3, -0.25) is 4.79 Å². The predicted molar refractivity (Wildman–Crippen MR) is 104 cm³/mol. The van der Waals surface area contributed by atoms with Gasteiger partial charge in [0, 0.05) is 11.8 Å². The normalized spacial score (nSPS) is 48.7. The van der Waals surface area contributed by atoms with Gasteiger partial charge in [0.1, 0.15) is 6.54 Å². The lowest BCUT2D eigenvalue weighted by atomic mass is 9.51. The molecule has 0 aliphatic heterocycles. The van der Waals surface area contributed by atoms with Crippen LogP contribution in [-0.4, -0.2) is 31.5 Å². The third-order valence-electron chi connectivity index (χ3n) is 9.55. The van der Waals surface area contributed by atoms with E-state index in [-0.39, 0.29) is 16.9 Å². The fourth-order valence-electron chi connectivity index (χ4n) is 8.12. The van der Waals surface area contributed by atoms with Gasteiger partial charge in [-0.25, -0.2) is 0 Å².